The Hall–Kier alpha value is -2.95. The number of alkyl halides is 9. The minimum atomic E-state index is -5.08. The number of carbonyl (C=O) groups is 2. The molecule has 1 aromatic carbocycles. The van der Waals surface area contributed by atoms with Crippen molar-refractivity contribution in [3.05, 3.63) is 35.4 Å². The second-order valence-electron chi connectivity index (χ2n) is 6.48. The maximum absolute atomic E-state index is 12.9. The van der Waals surface area contributed by atoms with E-state index >= 15 is 0 Å². The van der Waals surface area contributed by atoms with E-state index in [9.17, 15) is 44.3 Å². The van der Waals surface area contributed by atoms with Crippen molar-refractivity contribution in [3.63, 3.8) is 0 Å². The molecular weight excluding hydrogens is 483 g/mol. The normalized spacial score (nSPS) is 16.8. The number of rotatable bonds is 6. The van der Waals surface area contributed by atoms with Crippen LogP contribution in [-0.4, -0.2) is 59.3 Å². The fraction of sp³-hybridized carbons (Fsp3) is 0.500. The highest BCUT2D eigenvalue weighted by Crippen LogP contribution is 2.52. The number of carbonyl (C=O) groups excluding carboxylic acids is 1. The number of carboxylic acid groups (broad SMARTS) is 1. The van der Waals surface area contributed by atoms with Gasteiger partial charge >= 0.3 is 30.2 Å². The second kappa shape index (κ2) is 9.90. The first-order valence-electron chi connectivity index (χ1n) is 8.49. The fourth-order valence-electron chi connectivity index (χ4n) is 2.11. The number of carboxylic acids is 1. The summed E-state index contributed by atoms with van der Waals surface area (Å²) in [5.74, 6) is -3.69. The van der Waals surface area contributed by atoms with E-state index < -0.39 is 54.8 Å². The minimum absolute atomic E-state index is 0.123. The third kappa shape index (κ3) is 7.85. The molecule has 0 aliphatic carbocycles. The van der Waals surface area contributed by atoms with Crippen LogP contribution >= 0.6 is 0 Å². The topological polar surface area (TPSA) is 137 Å². The van der Waals surface area contributed by atoms with Gasteiger partial charge in [-0.1, -0.05) is 24.3 Å². The molecular formula is C16H15F9N4O4. The number of halogens is 9. The lowest BCUT2D eigenvalue weighted by Crippen LogP contribution is -2.47. The molecule has 0 aromatic heterocycles. The predicted octanol–water partition coefficient (Wildman–Crippen LogP) is 2.41. The van der Waals surface area contributed by atoms with Gasteiger partial charge < -0.3 is 21.3 Å². The van der Waals surface area contributed by atoms with Crippen molar-refractivity contribution < 1.29 is 59.3 Å². The molecule has 0 radical (unpaired) electrons. The van der Waals surface area contributed by atoms with Crippen LogP contribution in [0.2, 0.25) is 0 Å². The van der Waals surface area contributed by atoms with E-state index in [-0.39, 0.29) is 12.0 Å². The van der Waals surface area contributed by atoms with Gasteiger partial charge in [0.25, 0.3) is 0 Å². The lowest BCUT2D eigenvalue weighted by Gasteiger charge is -2.18. The number of hydrogen-bond acceptors (Lipinski definition) is 6. The van der Waals surface area contributed by atoms with Crippen LogP contribution in [0.5, 0.6) is 0 Å². The molecule has 1 aliphatic heterocycles. The lowest BCUT2D eigenvalue weighted by molar-refractivity contribution is -0.201. The number of benzene rings is 1. The lowest BCUT2D eigenvalue weighted by atomic mass is 9.98. The first kappa shape index (κ1) is 28.1. The Labute approximate surface area is 178 Å². The third-order valence-corrected chi connectivity index (χ3v) is 3.93. The molecule has 1 aromatic rings. The Morgan fingerprint density at radius 3 is 1.79 bits per heavy atom. The quantitative estimate of drug-likeness (QED) is 0.447. The van der Waals surface area contributed by atoms with Gasteiger partial charge in [-0.15, -0.1) is 10.2 Å². The van der Waals surface area contributed by atoms with Gasteiger partial charge in [0.1, 0.15) is 0 Å². The zero-order valence-electron chi connectivity index (χ0n) is 16.0. The Balaban J connectivity index is 0.000000675. The van der Waals surface area contributed by atoms with Crippen LogP contribution < -0.4 is 11.1 Å². The molecule has 17 heteroatoms. The predicted molar refractivity (Wildman–Crippen MR) is 89.5 cm³/mol. The summed E-state index contributed by atoms with van der Waals surface area (Å²) in [6.45, 7) is -1.05. The van der Waals surface area contributed by atoms with Gasteiger partial charge in [-0.3, -0.25) is 4.79 Å². The zero-order chi connectivity index (χ0) is 25.8. The fourth-order valence-corrected chi connectivity index (χ4v) is 2.11. The van der Waals surface area contributed by atoms with Crippen molar-refractivity contribution in [3.8, 4) is 0 Å². The van der Waals surface area contributed by atoms with Gasteiger partial charge in [0.15, 0.2) is 6.10 Å². The van der Waals surface area contributed by atoms with E-state index in [2.05, 4.69) is 10.2 Å². The Morgan fingerprint density at radius 2 is 1.45 bits per heavy atom. The van der Waals surface area contributed by atoms with Gasteiger partial charge in [-0.25, -0.2) is 4.79 Å². The molecule has 8 nitrogen and oxygen atoms in total. The number of aliphatic hydroxyl groups is 1. The van der Waals surface area contributed by atoms with Gasteiger partial charge in [0.05, 0.1) is 12.6 Å². The molecule has 33 heavy (non-hydrogen) atoms. The number of amides is 1. The third-order valence-electron chi connectivity index (χ3n) is 3.93. The van der Waals surface area contributed by atoms with Crippen LogP contribution in [-0.2, 0) is 21.7 Å². The Bertz CT molecular complexity index is 861. The largest absolute Gasteiger partial charge is 0.490 e. The molecule has 186 valence electrons. The van der Waals surface area contributed by atoms with Crippen LogP contribution in [0.15, 0.2) is 34.5 Å². The summed E-state index contributed by atoms with van der Waals surface area (Å²) in [6, 6.07) is 3.63. The maximum Gasteiger partial charge on any atom is 0.490 e. The number of hydrogen-bond donors (Lipinski definition) is 4. The molecule has 1 amide bonds. The number of nitrogens with zero attached hydrogens (tertiary/aromatic N) is 2. The molecule has 5 N–H and O–H groups in total. The number of aliphatic hydroxyl groups excluding tert-OH is 1. The molecule has 0 saturated heterocycles. The van der Waals surface area contributed by atoms with E-state index in [0.717, 1.165) is 12.1 Å². The highest BCUT2D eigenvalue weighted by molar-refractivity contribution is 5.81. The molecule has 1 aliphatic rings. The van der Waals surface area contributed by atoms with E-state index in [0.29, 0.717) is 5.56 Å². The first-order valence-corrected chi connectivity index (χ1v) is 8.49. The van der Waals surface area contributed by atoms with E-state index in [1.165, 1.54) is 12.1 Å². The number of nitrogens with two attached hydrogens (primary N) is 1. The van der Waals surface area contributed by atoms with Crippen molar-refractivity contribution in [2.45, 2.75) is 42.8 Å². The summed E-state index contributed by atoms with van der Waals surface area (Å²) in [7, 11) is 0. The average Bonchev–Trinajstić information content (AvgIpc) is 3.47. The molecule has 1 heterocycles. The first-order chi connectivity index (χ1) is 14.8. The van der Waals surface area contributed by atoms with Crippen molar-refractivity contribution in [2.75, 3.05) is 6.54 Å². The van der Waals surface area contributed by atoms with E-state index in [1.54, 1.807) is 0 Å². The van der Waals surface area contributed by atoms with Crippen LogP contribution in [0.4, 0.5) is 39.5 Å². The zero-order valence-corrected chi connectivity index (χ0v) is 16.0. The Morgan fingerprint density at radius 1 is 1.00 bits per heavy atom. The average molecular weight is 498 g/mol. The van der Waals surface area contributed by atoms with Gasteiger partial charge in [-0.2, -0.15) is 39.5 Å². The van der Waals surface area contributed by atoms with Crippen molar-refractivity contribution in [1.29, 1.82) is 0 Å². The summed E-state index contributed by atoms with van der Waals surface area (Å²) in [5, 5.41) is 23.9. The van der Waals surface area contributed by atoms with Crippen molar-refractivity contribution in [1.82, 2.24) is 5.32 Å². The van der Waals surface area contributed by atoms with Crippen LogP contribution in [0.25, 0.3) is 0 Å². The van der Waals surface area contributed by atoms with Crippen LogP contribution in [0, 0.1) is 0 Å². The standard InChI is InChI=1S/C14H14F6N4O2.C2HF3O2/c15-13(16,17)10(25)6-22-11(26)9(21)5-7-1-3-8(4-2-7)12(23-24-12)14(18,19)20;3-2(4,5)1(6)7/h1-4,9-10,25H,5-6,21H2,(H,22,26);(H,6,7). The summed E-state index contributed by atoms with van der Waals surface area (Å²) in [4.78, 5) is 20.5. The minimum Gasteiger partial charge on any atom is -0.475 e. The monoisotopic (exact) mass is 498 g/mol. The molecule has 2 rings (SSSR count). The van der Waals surface area contributed by atoms with Crippen LogP contribution in [0.1, 0.15) is 11.1 Å². The molecule has 0 saturated carbocycles. The molecule has 2 atom stereocenters. The summed E-state index contributed by atoms with van der Waals surface area (Å²) in [6.07, 6.45) is -17.5. The molecule has 0 fully saturated rings. The van der Waals surface area contributed by atoms with Crippen molar-refractivity contribution >= 4 is 11.9 Å². The van der Waals surface area contributed by atoms with E-state index in [1.807, 2.05) is 5.32 Å². The molecule has 2 unspecified atom stereocenters. The summed E-state index contributed by atoms with van der Waals surface area (Å²) < 4.78 is 107. The smallest absolute Gasteiger partial charge is 0.475 e. The van der Waals surface area contributed by atoms with Gasteiger partial charge in [0, 0.05) is 5.56 Å². The van der Waals surface area contributed by atoms with Crippen molar-refractivity contribution in [2.24, 2.45) is 16.0 Å². The number of aliphatic carboxylic acids is 1. The Kier molecular flexibility index (Phi) is 8.42. The molecule has 0 spiro atoms. The van der Waals surface area contributed by atoms with E-state index in [4.69, 9.17) is 20.7 Å². The highest BCUT2D eigenvalue weighted by Gasteiger charge is 2.65. The number of nitrogens with one attached hydrogen (secondary N) is 1. The summed E-state index contributed by atoms with van der Waals surface area (Å²) in [5.41, 5.74) is 3.20. The van der Waals surface area contributed by atoms with Gasteiger partial charge in [0.2, 0.25) is 5.91 Å². The highest BCUT2D eigenvalue weighted by atomic mass is 19.4. The molecule has 0 bridgehead atoms. The summed E-state index contributed by atoms with van der Waals surface area (Å²) >= 11 is 0. The van der Waals surface area contributed by atoms with Crippen LogP contribution in [0.3, 0.4) is 0 Å². The van der Waals surface area contributed by atoms with Gasteiger partial charge in [-0.05, 0) is 12.0 Å². The second-order valence-corrected chi connectivity index (χ2v) is 6.48. The maximum atomic E-state index is 12.9. The SMILES string of the molecule is NC(Cc1ccc(C2(C(F)(F)F)N=N2)cc1)C(=O)NCC(O)C(F)(F)F.O=C(O)C(F)(F)F.